The molecule has 0 saturated carbocycles. The van der Waals surface area contributed by atoms with E-state index in [1.165, 1.54) is 24.3 Å². The van der Waals surface area contributed by atoms with Crippen LogP contribution in [-0.4, -0.2) is 58.9 Å². The summed E-state index contributed by atoms with van der Waals surface area (Å²) in [4.78, 5) is 66.6. The number of likely N-dealkylation sites (tertiary alicyclic amines) is 1. The van der Waals surface area contributed by atoms with E-state index in [-0.39, 0.29) is 40.6 Å². The van der Waals surface area contributed by atoms with E-state index in [4.69, 9.17) is 4.74 Å². The zero-order chi connectivity index (χ0) is 36.9. The number of ketones is 1. The molecular weight excluding hydrogens is 694 g/mol. The summed E-state index contributed by atoms with van der Waals surface area (Å²) in [6, 6.07) is 35.3. The van der Waals surface area contributed by atoms with Gasteiger partial charge in [-0.2, -0.15) is 0 Å². The van der Waals surface area contributed by atoms with Crippen molar-refractivity contribution >= 4 is 46.6 Å². The molecule has 53 heavy (non-hydrogen) atoms. The van der Waals surface area contributed by atoms with Gasteiger partial charge in [0.2, 0.25) is 0 Å². The summed E-state index contributed by atoms with van der Waals surface area (Å²) >= 11 is 0.811. The lowest BCUT2D eigenvalue weighted by Gasteiger charge is -2.25. The highest BCUT2D eigenvalue weighted by Gasteiger charge is 2.38. The monoisotopic (exact) mass is 725 g/mol. The summed E-state index contributed by atoms with van der Waals surface area (Å²) in [5, 5.41) is 4.73. The normalized spacial score (nSPS) is 17.5. The van der Waals surface area contributed by atoms with Crippen LogP contribution in [0.1, 0.15) is 48.6 Å². The van der Waals surface area contributed by atoms with Gasteiger partial charge in [0, 0.05) is 35.2 Å². The van der Waals surface area contributed by atoms with E-state index in [9.17, 15) is 28.4 Å². The molecule has 5 aromatic rings. The van der Waals surface area contributed by atoms with E-state index < -0.39 is 40.8 Å². The zero-order valence-corrected chi connectivity index (χ0v) is 29.0. The molecule has 0 aromatic heterocycles. The fraction of sp³-hybridized carbons (Fsp3) is 0.119. The number of nitrogens with one attached hydrogen (secondary N) is 2. The molecule has 2 fully saturated rings. The molecule has 2 atom stereocenters. The SMILES string of the molecule is O=C1NC(=O)/C(=C/c2ccc(C(=O)NC[C@@H]3C[C@@H](Oc4ccccc4-c4ccccc4)CN3C(=O)c3ccccc3C(=O)c3ccc(F)cc3)cc2)S1. The van der Waals surface area contributed by atoms with Crippen LogP contribution in [-0.2, 0) is 4.79 Å². The molecule has 264 valence electrons. The third kappa shape index (κ3) is 7.95. The predicted molar refractivity (Wildman–Crippen MR) is 200 cm³/mol. The van der Waals surface area contributed by atoms with Crippen molar-refractivity contribution < 1.29 is 33.1 Å². The summed E-state index contributed by atoms with van der Waals surface area (Å²) < 4.78 is 20.2. The van der Waals surface area contributed by atoms with Crippen LogP contribution in [0.15, 0.2) is 132 Å². The van der Waals surface area contributed by atoms with Crippen molar-refractivity contribution in [1.82, 2.24) is 15.5 Å². The van der Waals surface area contributed by atoms with E-state index in [2.05, 4.69) is 10.6 Å². The number of carbonyl (C=O) groups excluding carboxylic acids is 5. The standard InChI is InChI=1S/C42H32FN3O6S/c43-30-20-18-28(19-21-30)38(47)34-11-4-5-12-35(34)41(50)46-25-32(52-36-13-7-6-10-33(36)27-8-2-1-3-9-27)23-31(46)24-44-39(48)29-16-14-26(15-17-29)22-37-40(49)45-42(51)53-37/h1-22,31-32H,23-25H2,(H,44,48)(H,45,49,51)/b37-22-/t31-,32+/m0/s1. The van der Waals surface area contributed by atoms with Crippen LogP contribution in [0.5, 0.6) is 5.75 Å². The first kappa shape index (κ1) is 35.1. The minimum Gasteiger partial charge on any atom is -0.488 e. The highest BCUT2D eigenvalue weighted by atomic mass is 32.2. The van der Waals surface area contributed by atoms with Gasteiger partial charge in [0.15, 0.2) is 5.78 Å². The van der Waals surface area contributed by atoms with Gasteiger partial charge in [-0.15, -0.1) is 0 Å². The molecule has 4 amide bonds. The molecule has 7 rings (SSSR count). The van der Waals surface area contributed by atoms with Gasteiger partial charge in [-0.05, 0) is 77.5 Å². The van der Waals surface area contributed by atoms with E-state index in [0.29, 0.717) is 23.3 Å². The van der Waals surface area contributed by atoms with Crippen molar-refractivity contribution in [2.45, 2.75) is 18.6 Å². The maximum absolute atomic E-state index is 14.4. The quantitative estimate of drug-likeness (QED) is 0.116. The maximum atomic E-state index is 14.4. The van der Waals surface area contributed by atoms with Crippen molar-refractivity contribution in [2.24, 2.45) is 0 Å². The van der Waals surface area contributed by atoms with Crippen LogP contribution in [0, 0.1) is 5.82 Å². The van der Waals surface area contributed by atoms with Crippen LogP contribution in [0.25, 0.3) is 17.2 Å². The molecule has 2 aliphatic heterocycles. The van der Waals surface area contributed by atoms with Crippen LogP contribution >= 0.6 is 11.8 Å². The topological polar surface area (TPSA) is 122 Å². The van der Waals surface area contributed by atoms with Crippen molar-refractivity contribution in [2.75, 3.05) is 13.1 Å². The molecule has 2 N–H and O–H groups in total. The second kappa shape index (κ2) is 15.5. The van der Waals surface area contributed by atoms with Gasteiger partial charge in [0.25, 0.3) is 23.0 Å². The van der Waals surface area contributed by atoms with Crippen molar-refractivity contribution in [3.63, 3.8) is 0 Å². The maximum Gasteiger partial charge on any atom is 0.290 e. The number of hydrogen-bond acceptors (Lipinski definition) is 7. The number of para-hydroxylation sites is 1. The summed E-state index contributed by atoms with van der Waals surface area (Å²) in [5.41, 5.74) is 3.50. The van der Waals surface area contributed by atoms with E-state index in [0.717, 1.165) is 22.9 Å². The minimum atomic E-state index is -0.492. The number of carbonyl (C=O) groups is 5. The molecule has 11 heteroatoms. The number of thioether (sulfide) groups is 1. The molecule has 0 unspecified atom stereocenters. The first-order valence-electron chi connectivity index (χ1n) is 16.9. The lowest BCUT2D eigenvalue weighted by atomic mass is 9.97. The predicted octanol–water partition coefficient (Wildman–Crippen LogP) is 7.14. The summed E-state index contributed by atoms with van der Waals surface area (Å²) in [7, 11) is 0. The number of nitrogens with zero attached hydrogens (tertiary/aromatic N) is 1. The number of hydrogen-bond donors (Lipinski definition) is 2. The largest absolute Gasteiger partial charge is 0.488 e. The third-order valence-corrected chi connectivity index (χ3v) is 9.83. The fourth-order valence-electron chi connectivity index (χ4n) is 6.40. The molecule has 2 aliphatic rings. The average molecular weight is 726 g/mol. The van der Waals surface area contributed by atoms with Crippen molar-refractivity contribution in [3.8, 4) is 16.9 Å². The van der Waals surface area contributed by atoms with Crippen LogP contribution in [0.4, 0.5) is 9.18 Å². The molecule has 0 aliphatic carbocycles. The summed E-state index contributed by atoms with van der Waals surface area (Å²) in [6.45, 7) is 0.294. The Morgan fingerprint density at radius 1 is 0.811 bits per heavy atom. The lowest BCUT2D eigenvalue weighted by Crippen LogP contribution is -2.43. The highest BCUT2D eigenvalue weighted by Crippen LogP contribution is 2.33. The molecule has 0 radical (unpaired) electrons. The van der Waals surface area contributed by atoms with Crippen molar-refractivity contribution in [1.29, 1.82) is 0 Å². The number of imide groups is 1. The van der Waals surface area contributed by atoms with Crippen LogP contribution in [0.2, 0.25) is 0 Å². The zero-order valence-electron chi connectivity index (χ0n) is 28.2. The Kier molecular flexibility index (Phi) is 10.3. The van der Waals surface area contributed by atoms with Gasteiger partial charge in [0.05, 0.1) is 23.1 Å². The molecular formula is C42H32FN3O6S. The Hall–Kier alpha value is -6.33. The number of halogens is 1. The molecule has 2 saturated heterocycles. The van der Waals surface area contributed by atoms with Gasteiger partial charge in [-0.3, -0.25) is 29.3 Å². The van der Waals surface area contributed by atoms with E-state index in [1.54, 1.807) is 59.5 Å². The fourth-order valence-corrected chi connectivity index (χ4v) is 7.08. The average Bonchev–Trinajstić information content (AvgIpc) is 3.74. The van der Waals surface area contributed by atoms with Gasteiger partial charge in [-0.1, -0.05) is 78.9 Å². The molecule has 0 spiro atoms. The summed E-state index contributed by atoms with van der Waals surface area (Å²) in [6.07, 6.45) is 1.54. The lowest BCUT2D eigenvalue weighted by molar-refractivity contribution is -0.115. The Morgan fingerprint density at radius 3 is 2.19 bits per heavy atom. The Balaban J connectivity index is 1.12. The number of ether oxygens (including phenoxy) is 1. The molecule has 9 nitrogen and oxygen atoms in total. The third-order valence-electron chi connectivity index (χ3n) is 9.02. The Morgan fingerprint density at radius 2 is 1.47 bits per heavy atom. The van der Waals surface area contributed by atoms with Gasteiger partial charge >= 0.3 is 0 Å². The first-order chi connectivity index (χ1) is 25.7. The number of benzene rings is 5. The van der Waals surface area contributed by atoms with Gasteiger partial charge in [0.1, 0.15) is 17.7 Å². The number of amides is 4. The van der Waals surface area contributed by atoms with E-state index >= 15 is 0 Å². The summed E-state index contributed by atoms with van der Waals surface area (Å²) in [5.74, 6) is -1.48. The first-order valence-corrected chi connectivity index (χ1v) is 17.7. The minimum absolute atomic E-state index is 0.101. The molecule has 2 heterocycles. The highest BCUT2D eigenvalue weighted by molar-refractivity contribution is 8.18. The van der Waals surface area contributed by atoms with E-state index in [1.807, 2.05) is 54.6 Å². The number of rotatable bonds is 10. The van der Waals surface area contributed by atoms with Crippen LogP contribution < -0.4 is 15.4 Å². The molecule has 0 bridgehead atoms. The van der Waals surface area contributed by atoms with Crippen LogP contribution in [0.3, 0.4) is 0 Å². The molecule has 5 aromatic carbocycles. The second-order valence-electron chi connectivity index (χ2n) is 12.5. The Labute approximate surface area is 308 Å². The smallest absolute Gasteiger partial charge is 0.290 e. The second-order valence-corrected chi connectivity index (χ2v) is 13.5. The van der Waals surface area contributed by atoms with Crippen molar-refractivity contribution in [3.05, 3.63) is 166 Å². The van der Waals surface area contributed by atoms with Gasteiger partial charge in [-0.25, -0.2) is 4.39 Å². The van der Waals surface area contributed by atoms with Gasteiger partial charge < -0.3 is 15.0 Å². The Bertz CT molecular complexity index is 2240.